The molecule has 2 amide bonds. The van der Waals surface area contributed by atoms with Crippen LogP contribution in [0.2, 0.25) is 0 Å². The number of oxazole rings is 1. The summed E-state index contributed by atoms with van der Waals surface area (Å²) in [6.07, 6.45) is 2.95. The van der Waals surface area contributed by atoms with Crippen molar-refractivity contribution in [2.24, 2.45) is 5.92 Å². The maximum Gasteiger partial charge on any atom is 0.348 e. The molecule has 1 saturated carbocycles. The normalized spacial score (nSPS) is 21.1. The first-order valence-electron chi connectivity index (χ1n) is 13.4. The fourth-order valence-electron chi connectivity index (χ4n) is 5.59. The number of halogens is 1. The molecule has 1 atom stereocenters. The summed E-state index contributed by atoms with van der Waals surface area (Å²) in [7, 11) is 1.34. The van der Waals surface area contributed by atoms with Crippen molar-refractivity contribution in [3.63, 3.8) is 0 Å². The number of ketones is 1. The molecule has 2 heterocycles. The molecule has 1 N–H and O–H groups in total. The van der Waals surface area contributed by atoms with E-state index in [4.69, 9.17) is 9.15 Å². The maximum absolute atomic E-state index is 15.2. The third-order valence-corrected chi connectivity index (χ3v) is 7.82. The van der Waals surface area contributed by atoms with E-state index >= 15 is 4.48 Å². The Labute approximate surface area is 226 Å². The van der Waals surface area contributed by atoms with E-state index in [1.165, 1.54) is 12.0 Å². The van der Waals surface area contributed by atoms with Crippen LogP contribution in [-0.4, -0.2) is 58.5 Å². The molecule has 10 heteroatoms. The Hall–Kier alpha value is -3.95. The number of carbonyl (C=O) groups excluding carboxylic acids is 3. The number of Topliss-reactive ketones (excluding diaryl/α,β-unsaturated/α-hetero) is 1. The van der Waals surface area contributed by atoms with Crippen LogP contribution in [0.1, 0.15) is 49.7 Å². The van der Waals surface area contributed by atoms with Crippen molar-refractivity contribution in [2.75, 3.05) is 19.0 Å². The number of rotatable bonds is 7. The lowest BCUT2D eigenvalue weighted by atomic mass is 9.86. The van der Waals surface area contributed by atoms with Crippen molar-refractivity contribution in [1.82, 2.24) is 15.0 Å². The number of anilines is 2. The molecule has 9 nitrogen and oxygen atoms in total. The lowest BCUT2D eigenvalue weighted by Crippen LogP contribution is -2.49. The van der Waals surface area contributed by atoms with E-state index in [9.17, 15) is 14.4 Å². The zero-order valence-corrected chi connectivity index (χ0v) is 22.2. The van der Waals surface area contributed by atoms with Crippen LogP contribution in [0.3, 0.4) is 0 Å². The van der Waals surface area contributed by atoms with Crippen molar-refractivity contribution in [3.8, 4) is 0 Å². The molecule has 1 aromatic heterocycles. The lowest BCUT2D eigenvalue weighted by molar-refractivity contribution is -0.147. The number of hydrogen-bond acceptors (Lipinski definition) is 7. The third-order valence-electron chi connectivity index (χ3n) is 7.82. The molecule has 0 bridgehead atoms. The number of likely N-dealkylation sites (tertiary alicyclic amines) is 1. The number of hydrogen-bond donors (Lipinski definition) is 1. The van der Waals surface area contributed by atoms with Crippen molar-refractivity contribution >= 4 is 40.6 Å². The van der Waals surface area contributed by atoms with Crippen LogP contribution in [-0.2, 0) is 20.7 Å². The molecule has 1 saturated heterocycles. The number of aryl methyl sites for hydroxylation is 1. The van der Waals surface area contributed by atoms with E-state index in [0.29, 0.717) is 62.2 Å². The molecule has 0 radical (unpaired) electrons. The molecule has 39 heavy (non-hydrogen) atoms. The van der Waals surface area contributed by atoms with Gasteiger partial charge in [-0.25, -0.2) is 4.79 Å². The van der Waals surface area contributed by atoms with Gasteiger partial charge in [0.2, 0.25) is 0 Å². The van der Waals surface area contributed by atoms with E-state index in [1.54, 1.807) is 12.1 Å². The van der Waals surface area contributed by atoms with Crippen molar-refractivity contribution in [1.29, 1.82) is 0 Å². The minimum absolute atomic E-state index is 0.0994. The van der Waals surface area contributed by atoms with E-state index in [2.05, 4.69) is 10.3 Å². The molecule has 5 rings (SSSR count). The zero-order chi connectivity index (χ0) is 27.5. The topological polar surface area (TPSA) is 105 Å². The number of nitrogens with zero attached hydrogens (tertiary/aromatic N) is 3. The first-order valence-corrected chi connectivity index (χ1v) is 13.4. The molecule has 206 valence electrons. The molecule has 2 fully saturated rings. The highest BCUT2D eigenvalue weighted by Crippen LogP contribution is 2.31. The molecule has 2 aromatic carbocycles. The van der Waals surface area contributed by atoms with Gasteiger partial charge in [0.05, 0.1) is 25.1 Å². The van der Waals surface area contributed by atoms with Crippen molar-refractivity contribution in [3.05, 3.63) is 53.6 Å². The van der Waals surface area contributed by atoms with Gasteiger partial charge < -0.3 is 19.4 Å². The number of ether oxygens (including phenoxy) is 1. The second kappa shape index (κ2) is 11.4. The summed E-state index contributed by atoms with van der Waals surface area (Å²) in [5, 5.41) is 3.45. The van der Waals surface area contributed by atoms with Crippen molar-refractivity contribution < 1.29 is 28.0 Å². The minimum Gasteiger partial charge on any atom is -0.469 e. The predicted molar refractivity (Wildman–Crippen MR) is 143 cm³/mol. The Kier molecular flexibility index (Phi) is 7.81. The molecular formula is C29H33FN4O5. The Bertz CT molecular complexity index is 1370. The highest BCUT2D eigenvalue weighted by Gasteiger charge is 2.40. The Morgan fingerprint density at radius 1 is 1.13 bits per heavy atom. The van der Waals surface area contributed by atoms with Crippen molar-refractivity contribution in [2.45, 2.75) is 64.0 Å². The van der Waals surface area contributed by atoms with Gasteiger partial charge in [0.25, 0.3) is 6.01 Å². The van der Waals surface area contributed by atoms with Crippen LogP contribution in [0, 0.1) is 12.8 Å². The number of nitrogens with one attached hydrogen (secondary N) is 1. The first kappa shape index (κ1) is 26.6. The summed E-state index contributed by atoms with van der Waals surface area (Å²) in [6, 6.07) is 11.5. The number of benzene rings is 2. The van der Waals surface area contributed by atoms with E-state index in [-0.39, 0.29) is 29.2 Å². The van der Waals surface area contributed by atoms with E-state index in [0.717, 1.165) is 16.8 Å². The number of amides is 2. The standard InChI is InChI=1S/C29H33FN4O5/c1-18-6-3-4-7-22(18)31-28-32-23-14-9-19(17-26(23)39-28)16-25(35)24-8-5-15-33(24)29(37)34(30)21-12-10-20(11-13-21)27(36)38-2/h3-4,6-7,9,14,17,20-21,24H,5,8,10-13,15-16H2,1-2H3,(H,31,32). The predicted octanol–water partition coefficient (Wildman–Crippen LogP) is 5.49. The molecule has 1 unspecified atom stereocenters. The average Bonchev–Trinajstić information content (AvgIpc) is 3.60. The van der Waals surface area contributed by atoms with Crippen LogP contribution in [0.15, 0.2) is 46.9 Å². The quantitative estimate of drug-likeness (QED) is 0.314. The van der Waals surface area contributed by atoms with Gasteiger partial charge in [0.1, 0.15) is 5.52 Å². The van der Waals surface area contributed by atoms with Gasteiger partial charge >= 0.3 is 12.0 Å². The summed E-state index contributed by atoms with van der Waals surface area (Å²) >= 11 is 0. The number of methoxy groups -OCH3 is 1. The lowest BCUT2D eigenvalue weighted by Gasteiger charge is -2.33. The minimum atomic E-state index is -0.773. The fraction of sp³-hybridized carbons (Fsp3) is 0.448. The van der Waals surface area contributed by atoms with Gasteiger partial charge in [-0.15, -0.1) is 0 Å². The van der Waals surface area contributed by atoms with E-state index < -0.39 is 18.1 Å². The van der Waals surface area contributed by atoms with Crippen LogP contribution in [0.4, 0.5) is 21.0 Å². The summed E-state index contributed by atoms with van der Waals surface area (Å²) < 4.78 is 25.8. The largest absolute Gasteiger partial charge is 0.469 e. The summed E-state index contributed by atoms with van der Waals surface area (Å²) in [5.41, 5.74) is 3.90. The number of fused-ring (bicyclic) bond motifs is 1. The van der Waals surface area contributed by atoms with Gasteiger partial charge in [-0.2, -0.15) is 10.1 Å². The Balaban J connectivity index is 1.21. The van der Waals surface area contributed by atoms with Gasteiger partial charge in [0.15, 0.2) is 11.4 Å². The summed E-state index contributed by atoms with van der Waals surface area (Å²) in [5.74, 6) is -0.690. The monoisotopic (exact) mass is 536 g/mol. The van der Waals surface area contributed by atoms with Gasteiger partial charge in [-0.3, -0.25) is 9.59 Å². The van der Waals surface area contributed by atoms with Crippen LogP contribution in [0.5, 0.6) is 0 Å². The van der Waals surface area contributed by atoms with Gasteiger partial charge in [-0.05, 0) is 74.8 Å². The van der Waals surface area contributed by atoms with E-state index in [1.807, 2.05) is 37.3 Å². The second-order valence-electron chi connectivity index (χ2n) is 10.4. The van der Waals surface area contributed by atoms with Gasteiger partial charge in [-0.1, -0.05) is 28.7 Å². The number of carbonyl (C=O) groups is 3. The number of para-hydroxylation sites is 1. The smallest absolute Gasteiger partial charge is 0.348 e. The molecule has 1 aliphatic heterocycles. The second-order valence-corrected chi connectivity index (χ2v) is 10.4. The molecule has 1 aliphatic carbocycles. The Morgan fingerprint density at radius 3 is 2.64 bits per heavy atom. The highest BCUT2D eigenvalue weighted by atomic mass is 19.2. The molecular weight excluding hydrogens is 503 g/mol. The van der Waals surface area contributed by atoms with Crippen LogP contribution in [0.25, 0.3) is 11.1 Å². The summed E-state index contributed by atoms with van der Waals surface area (Å²) in [4.78, 5) is 43.9. The molecule has 3 aromatic rings. The average molecular weight is 537 g/mol. The highest BCUT2D eigenvalue weighted by molar-refractivity contribution is 5.91. The maximum atomic E-state index is 15.2. The first-order chi connectivity index (χ1) is 18.8. The zero-order valence-electron chi connectivity index (χ0n) is 22.2. The third kappa shape index (κ3) is 5.74. The van der Waals surface area contributed by atoms with Crippen LogP contribution < -0.4 is 5.32 Å². The number of urea groups is 1. The molecule has 0 spiro atoms. The SMILES string of the molecule is COC(=O)C1CCC(N(F)C(=O)N2CCCC2C(=O)Cc2ccc3nc(Nc4ccccc4C)oc3c2)CC1. The fourth-order valence-corrected chi connectivity index (χ4v) is 5.59. The molecule has 2 aliphatic rings. The van der Waals surface area contributed by atoms with Crippen LogP contribution >= 0.6 is 0 Å². The Morgan fingerprint density at radius 2 is 1.90 bits per heavy atom. The number of esters is 1. The van der Waals surface area contributed by atoms with Gasteiger partial charge in [0, 0.05) is 18.7 Å². The number of aromatic nitrogens is 1. The summed E-state index contributed by atoms with van der Waals surface area (Å²) in [6.45, 7) is 2.33.